The van der Waals surface area contributed by atoms with Crippen molar-refractivity contribution in [3.05, 3.63) is 30.3 Å². The summed E-state index contributed by atoms with van der Waals surface area (Å²) in [5.74, 6) is -0.0290. The van der Waals surface area contributed by atoms with E-state index in [0.717, 1.165) is 5.69 Å². The first-order chi connectivity index (χ1) is 6.13. The van der Waals surface area contributed by atoms with E-state index in [4.69, 9.17) is 0 Å². The molecule has 0 saturated heterocycles. The number of nitrogens with zero attached hydrogens (tertiary/aromatic N) is 1. The molecule has 0 heterocycles. The fourth-order valence-electron chi connectivity index (χ4n) is 1.17. The van der Waals surface area contributed by atoms with Crippen LogP contribution in [-0.2, 0) is 4.79 Å². The van der Waals surface area contributed by atoms with Gasteiger partial charge in [-0.1, -0.05) is 30.8 Å². The summed E-state index contributed by atoms with van der Waals surface area (Å²) in [6, 6.07) is 9.45. The third-order valence-corrected chi connectivity index (χ3v) is 1.85. The van der Waals surface area contributed by atoms with E-state index < -0.39 is 0 Å². The maximum atomic E-state index is 11.2. The Morgan fingerprint density at radius 3 is 2.15 bits per heavy atom. The predicted molar refractivity (Wildman–Crippen MR) is 56.7 cm³/mol. The number of rotatable bonds is 1. The molecule has 0 fully saturated rings. The van der Waals surface area contributed by atoms with Gasteiger partial charge in [-0.15, -0.1) is 4.58 Å². The Bertz CT molecular complexity index is 339. The fraction of sp³-hybridized carbons (Fsp3) is 0.200. The minimum absolute atomic E-state index is 0.0290. The van der Waals surface area contributed by atoms with Gasteiger partial charge >= 0.3 is 5.91 Å². The predicted octanol–water partition coefficient (Wildman–Crippen LogP) is 2.23. The summed E-state index contributed by atoms with van der Waals surface area (Å²) in [5.41, 5.74) is 0.850. The van der Waals surface area contributed by atoms with Gasteiger partial charge in [-0.3, -0.25) is 0 Å². The third-order valence-electron chi connectivity index (χ3n) is 1.65. The Morgan fingerprint density at radius 1 is 1.23 bits per heavy atom. The van der Waals surface area contributed by atoms with E-state index in [9.17, 15) is 4.79 Å². The Hall–Kier alpha value is -1.09. The minimum Gasteiger partial charge on any atom is -0.219 e. The van der Waals surface area contributed by atoms with Crippen LogP contribution in [0.25, 0.3) is 0 Å². The Morgan fingerprint density at radius 2 is 1.77 bits per heavy atom. The van der Waals surface area contributed by atoms with Crippen LogP contribution in [0, 0.1) is 0 Å². The van der Waals surface area contributed by atoms with Crippen molar-refractivity contribution < 1.29 is 9.37 Å². The maximum absolute atomic E-state index is 11.2. The second kappa shape index (κ2) is 4.23. The quantitative estimate of drug-likeness (QED) is 0.314. The molecule has 0 bridgehead atoms. The summed E-state index contributed by atoms with van der Waals surface area (Å²) in [4.78, 5) is 11.2. The van der Waals surface area contributed by atoms with E-state index in [1.807, 2.05) is 30.3 Å². The normalized spacial score (nSPS) is 12.2. The van der Waals surface area contributed by atoms with E-state index in [0.29, 0.717) is 5.04 Å². The molecule has 0 radical (unpaired) electrons. The van der Waals surface area contributed by atoms with Crippen LogP contribution < -0.4 is 0 Å². The SMILES string of the molecule is CC(=O)[N+](=C(C)S)c1ccccc1. The number of carbonyl (C=O) groups excluding carboxylic acids is 1. The van der Waals surface area contributed by atoms with Crippen LogP contribution in [0.5, 0.6) is 0 Å². The minimum atomic E-state index is -0.0290. The van der Waals surface area contributed by atoms with Gasteiger partial charge in [0, 0.05) is 19.1 Å². The first-order valence-corrected chi connectivity index (χ1v) is 4.46. The number of thiol groups is 1. The van der Waals surface area contributed by atoms with Crippen molar-refractivity contribution in [1.82, 2.24) is 0 Å². The standard InChI is InChI=1S/C10H11NOS/c1-8(12)11(9(2)13)10-6-4-3-5-7-10/h3-7H,1-2H3/p+1. The molecule has 1 aromatic carbocycles. The average molecular weight is 194 g/mol. The van der Waals surface area contributed by atoms with Gasteiger partial charge in [0.2, 0.25) is 10.7 Å². The lowest BCUT2D eigenvalue weighted by Gasteiger charge is -1.97. The maximum Gasteiger partial charge on any atom is 0.390 e. The molecule has 0 aliphatic heterocycles. The zero-order valence-electron chi connectivity index (χ0n) is 7.69. The van der Waals surface area contributed by atoms with Gasteiger partial charge in [0.05, 0.1) is 6.92 Å². The number of carbonyl (C=O) groups is 1. The van der Waals surface area contributed by atoms with Crippen LogP contribution in [0.15, 0.2) is 30.3 Å². The molecule has 0 spiro atoms. The Balaban J connectivity index is 3.20. The van der Waals surface area contributed by atoms with Gasteiger partial charge < -0.3 is 0 Å². The van der Waals surface area contributed by atoms with Crippen molar-refractivity contribution in [2.45, 2.75) is 13.8 Å². The fourth-order valence-corrected chi connectivity index (χ4v) is 1.43. The van der Waals surface area contributed by atoms with Crippen molar-refractivity contribution >= 4 is 29.3 Å². The van der Waals surface area contributed by atoms with Gasteiger partial charge in [0.1, 0.15) is 0 Å². The second-order valence-corrected chi connectivity index (χ2v) is 3.38. The largest absolute Gasteiger partial charge is 0.390 e. The molecular formula is C10H12NOS+. The molecule has 2 nitrogen and oxygen atoms in total. The number of benzene rings is 1. The van der Waals surface area contributed by atoms with Gasteiger partial charge in [0.25, 0.3) is 0 Å². The highest BCUT2D eigenvalue weighted by Gasteiger charge is 2.16. The smallest absolute Gasteiger partial charge is 0.219 e. The summed E-state index contributed by atoms with van der Waals surface area (Å²) in [6.07, 6.45) is 0. The first kappa shape index (κ1) is 9.99. The molecular weight excluding hydrogens is 182 g/mol. The number of hydrogen-bond donors (Lipinski definition) is 1. The van der Waals surface area contributed by atoms with Crippen molar-refractivity contribution in [3.63, 3.8) is 0 Å². The highest BCUT2D eigenvalue weighted by Crippen LogP contribution is 2.11. The monoisotopic (exact) mass is 194 g/mol. The molecule has 0 aromatic heterocycles. The molecule has 13 heavy (non-hydrogen) atoms. The van der Waals surface area contributed by atoms with E-state index in [2.05, 4.69) is 12.6 Å². The van der Waals surface area contributed by atoms with E-state index >= 15 is 0 Å². The van der Waals surface area contributed by atoms with Crippen LogP contribution in [-0.4, -0.2) is 15.5 Å². The van der Waals surface area contributed by atoms with Gasteiger partial charge in [-0.05, 0) is 0 Å². The lowest BCUT2D eigenvalue weighted by Crippen LogP contribution is -2.15. The van der Waals surface area contributed by atoms with Gasteiger partial charge in [-0.25, -0.2) is 4.79 Å². The number of amides is 1. The molecule has 68 valence electrons. The lowest BCUT2D eigenvalue weighted by atomic mass is 10.3. The Labute approximate surface area is 83.3 Å². The summed E-state index contributed by atoms with van der Waals surface area (Å²) < 4.78 is 1.56. The molecule has 1 amide bonds. The summed E-state index contributed by atoms with van der Waals surface area (Å²) in [7, 11) is 0. The van der Waals surface area contributed by atoms with Crippen LogP contribution in [0.1, 0.15) is 13.8 Å². The summed E-state index contributed by atoms with van der Waals surface area (Å²) in [5, 5.41) is 0.679. The van der Waals surface area contributed by atoms with Crippen LogP contribution in [0.4, 0.5) is 5.69 Å². The number of hydrogen-bond acceptors (Lipinski definition) is 1. The van der Waals surface area contributed by atoms with E-state index in [1.54, 1.807) is 11.5 Å². The molecule has 0 saturated carbocycles. The lowest BCUT2D eigenvalue weighted by molar-refractivity contribution is -0.362. The molecule has 1 rings (SSSR count). The Kier molecular flexibility index (Phi) is 3.25. The summed E-state index contributed by atoms with van der Waals surface area (Å²) >= 11 is 4.17. The van der Waals surface area contributed by atoms with Gasteiger partial charge in [-0.2, -0.15) is 0 Å². The molecule has 1 aromatic rings. The molecule has 0 aliphatic rings. The highest BCUT2D eigenvalue weighted by atomic mass is 32.1. The van der Waals surface area contributed by atoms with Crippen LogP contribution >= 0.6 is 12.6 Å². The zero-order valence-corrected chi connectivity index (χ0v) is 8.58. The topological polar surface area (TPSA) is 20.1 Å². The van der Waals surface area contributed by atoms with Crippen molar-refractivity contribution in [1.29, 1.82) is 0 Å². The van der Waals surface area contributed by atoms with Crippen molar-refractivity contribution in [2.24, 2.45) is 0 Å². The van der Waals surface area contributed by atoms with Gasteiger partial charge in [0.15, 0.2) is 0 Å². The molecule has 0 atom stereocenters. The van der Waals surface area contributed by atoms with Crippen LogP contribution in [0.3, 0.4) is 0 Å². The average Bonchev–Trinajstić information content (AvgIpc) is 2.04. The van der Waals surface area contributed by atoms with E-state index in [-0.39, 0.29) is 5.91 Å². The van der Waals surface area contributed by atoms with Crippen LogP contribution in [0.2, 0.25) is 0 Å². The van der Waals surface area contributed by atoms with Crippen molar-refractivity contribution in [3.8, 4) is 0 Å². The molecule has 0 aliphatic carbocycles. The first-order valence-electron chi connectivity index (χ1n) is 4.01. The summed E-state index contributed by atoms with van der Waals surface area (Å²) in [6.45, 7) is 3.31. The van der Waals surface area contributed by atoms with Crippen molar-refractivity contribution in [2.75, 3.05) is 0 Å². The van der Waals surface area contributed by atoms with E-state index in [1.165, 1.54) is 6.92 Å². The highest BCUT2D eigenvalue weighted by molar-refractivity contribution is 7.96. The molecule has 3 heteroatoms. The zero-order chi connectivity index (χ0) is 9.84. The molecule has 0 N–H and O–H groups in total. The molecule has 0 unspecified atom stereocenters. The third kappa shape index (κ3) is 2.42. The second-order valence-electron chi connectivity index (χ2n) is 2.74. The number of para-hydroxylation sites is 1.